The topological polar surface area (TPSA) is 77.5 Å². The predicted molar refractivity (Wildman–Crippen MR) is 119 cm³/mol. The molecule has 0 radical (unpaired) electrons. The molecule has 1 amide bonds. The van der Waals surface area contributed by atoms with Gasteiger partial charge in [0.1, 0.15) is 12.4 Å². The zero-order chi connectivity index (χ0) is 22.2. The van der Waals surface area contributed by atoms with E-state index in [2.05, 4.69) is 10.3 Å². The molecule has 1 heterocycles. The predicted octanol–water partition coefficient (Wildman–Crippen LogP) is 4.74. The van der Waals surface area contributed by atoms with Crippen LogP contribution in [-0.2, 0) is 27.4 Å². The molecule has 3 rings (SSSR count). The van der Waals surface area contributed by atoms with E-state index < -0.39 is 18.0 Å². The largest absolute Gasteiger partial charge is 0.489 e. The van der Waals surface area contributed by atoms with Crippen molar-refractivity contribution in [2.75, 3.05) is 5.32 Å². The Morgan fingerprint density at radius 3 is 2.65 bits per heavy atom. The number of amides is 1. The van der Waals surface area contributed by atoms with E-state index in [0.717, 1.165) is 16.7 Å². The van der Waals surface area contributed by atoms with Crippen molar-refractivity contribution in [3.63, 3.8) is 0 Å². The van der Waals surface area contributed by atoms with Crippen LogP contribution in [0.1, 0.15) is 23.6 Å². The Morgan fingerprint density at radius 1 is 1.10 bits per heavy atom. The van der Waals surface area contributed by atoms with Gasteiger partial charge in [-0.1, -0.05) is 35.9 Å². The van der Waals surface area contributed by atoms with Crippen LogP contribution in [-0.4, -0.2) is 23.0 Å². The first kappa shape index (κ1) is 22.3. The number of hydrogen-bond acceptors (Lipinski definition) is 5. The molecule has 0 aliphatic carbocycles. The minimum Gasteiger partial charge on any atom is -0.489 e. The highest BCUT2D eigenvalue weighted by molar-refractivity contribution is 6.31. The van der Waals surface area contributed by atoms with Gasteiger partial charge in [0.05, 0.1) is 6.42 Å². The van der Waals surface area contributed by atoms with Gasteiger partial charge in [-0.25, -0.2) is 0 Å². The van der Waals surface area contributed by atoms with Gasteiger partial charge in [-0.3, -0.25) is 14.6 Å². The van der Waals surface area contributed by atoms with E-state index in [0.29, 0.717) is 23.1 Å². The van der Waals surface area contributed by atoms with Gasteiger partial charge in [0.25, 0.3) is 5.91 Å². The molecule has 0 spiro atoms. The third kappa shape index (κ3) is 6.55. The summed E-state index contributed by atoms with van der Waals surface area (Å²) >= 11 is 6.07. The highest BCUT2D eigenvalue weighted by Crippen LogP contribution is 2.23. The Bertz CT molecular complexity index is 1060. The molecule has 1 aromatic heterocycles. The van der Waals surface area contributed by atoms with Gasteiger partial charge in [-0.05, 0) is 55.3 Å². The van der Waals surface area contributed by atoms with Crippen LogP contribution in [0.15, 0.2) is 67.0 Å². The Balaban J connectivity index is 1.52. The van der Waals surface area contributed by atoms with Crippen LogP contribution < -0.4 is 10.1 Å². The smallest absolute Gasteiger partial charge is 0.311 e. The maximum Gasteiger partial charge on any atom is 0.311 e. The highest BCUT2D eigenvalue weighted by atomic mass is 35.5. The lowest BCUT2D eigenvalue weighted by molar-refractivity contribution is -0.152. The Morgan fingerprint density at radius 2 is 1.87 bits per heavy atom. The summed E-state index contributed by atoms with van der Waals surface area (Å²) in [5, 5.41) is 3.28. The van der Waals surface area contributed by atoms with E-state index in [-0.39, 0.29) is 6.42 Å². The minimum absolute atomic E-state index is 0.0257. The van der Waals surface area contributed by atoms with Crippen molar-refractivity contribution in [2.24, 2.45) is 0 Å². The summed E-state index contributed by atoms with van der Waals surface area (Å²) in [6, 6.07) is 16.2. The van der Waals surface area contributed by atoms with Crippen molar-refractivity contribution >= 4 is 29.2 Å². The molecule has 1 unspecified atom stereocenters. The lowest BCUT2D eigenvalue weighted by Gasteiger charge is -2.15. The van der Waals surface area contributed by atoms with E-state index in [1.807, 2.05) is 18.2 Å². The molecule has 7 heteroatoms. The van der Waals surface area contributed by atoms with Gasteiger partial charge in [-0.2, -0.15) is 0 Å². The zero-order valence-corrected chi connectivity index (χ0v) is 18.1. The number of halogens is 1. The molecule has 0 saturated heterocycles. The molecule has 0 saturated carbocycles. The van der Waals surface area contributed by atoms with Gasteiger partial charge in [-0.15, -0.1) is 0 Å². The first-order valence-corrected chi connectivity index (χ1v) is 10.2. The van der Waals surface area contributed by atoms with Crippen LogP contribution in [0.2, 0.25) is 5.02 Å². The van der Waals surface area contributed by atoms with Crippen molar-refractivity contribution < 1.29 is 19.1 Å². The molecular formula is C24H23ClN2O4. The number of pyridine rings is 1. The second kappa shape index (κ2) is 10.6. The second-order valence-corrected chi connectivity index (χ2v) is 7.42. The lowest BCUT2D eigenvalue weighted by Crippen LogP contribution is -2.30. The average Bonchev–Trinajstić information content (AvgIpc) is 2.76. The van der Waals surface area contributed by atoms with E-state index in [9.17, 15) is 9.59 Å². The molecule has 2 aromatic carbocycles. The van der Waals surface area contributed by atoms with Gasteiger partial charge in [0, 0.05) is 28.7 Å². The summed E-state index contributed by atoms with van der Waals surface area (Å²) in [7, 11) is 0. The van der Waals surface area contributed by atoms with Crippen molar-refractivity contribution in [3.8, 4) is 5.75 Å². The normalized spacial score (nSPS) is 11.5. The summed E-state index contributed by atoms with van der Waals surface area (Å²) in [5.41, 5.74) is 3.01. The number of rotatable bonds is 8. The number of benzene rings is 2. The van der Waals surface area contributed by atoms with Crippen LogP contribution in [0.3, 0.4) is 0 Å². The summed E-state index contributed by atoms with van der Waals surface area (Å²) in [5.74, 6) is -0.293. The van der Waals surface area contributed by atoms with Crippen LogP contribution >= 0.6 is 11.6 Å². The SMILES string of the molecule is Cc1c(Cl)cccc1NC(=O)C(C)OC(=O)Cc1cccc(OCc2cccnc2)c1. The van der Waals surface area contributed by atoms with Crippen molar-refractivity contribution in [3.05, 3.63) is 88.7 Å². The number of aromatic nitrogens is 1. The fourth-order valence-corrected chi connectivity index (χ4v) is 3.01. The lowest BCUT2D eigenvalue weighted by atomic mass is 10.1. The first-order chi connectivity index (χ1) is 14.9. The summed E-state index contributed by atoms with van der Waals surface area (Å²) in [4.78, 5) is 28.8. The van der Waals surface area contributed by atoms with E-state index in [4.69, 9.17) is 21.1 Å². The van der Waals surface area contributed by atoms with Gasteiger partial charge >= 0.3 is 5.97 Å². The molecule has 1 N–H and O–H groups in total. The molecular weight excluding hydrogens is 416 g/mol. The summed E-state index contributed by atoms with van der Waals surface area (Å²) in [6.45, 7) is 3.71. The van der Waals surface area contributed by atoms with Crippen LogP contribution in [0.25, 0.3) is 0 Å². The van der Waals surface area contributed by atoms with Gasteiger partial charge < -0.3 is 14.8 Å². The average molecular weight is 439 g/mol. The van der Waals surface area contributed by atoms with Gasteiger partial charge in [0.15, 0.2) is 6.10 Å². The molecule has 0 aliphatic rings. The number of hydrogen-bond donors (Lipinski definition) is 1. The number of carbonyl (C=O) groups excluding carboxylic acids is 2. The Labute approximate surface area is 186 Å². The van der Waals surface area contributed by atoms with Crippen molar-refractivity contribution in [2.45, 2.75) is 33.0 Å². The zero-order valence-electron chi connectivity index (χ0n) is 17.3. The van der Waals surface area contributed by atoms with Crippen LogP contribution in [0, 0.1) is 6.92 Å². The first-order valence-electron chi connectivity index (χ1n) is 9.78. The molecule has 0 bridgehead atoms. The standard InChI is InChI=1S/C24H23ClN2O4/c1-16-21(25)9-4-10-22(16)27-24(29)17(2)31-23(28)13-18-6-3-8-20(12-18)30-15-19-7-5-11-26-14-19/h3-12,14,17H,13,15H2,1-2H3,(H,27,29). The van der Waals surface area contributed by atoms with E-state index >= 15 is 0 Å². The number of esters is 1. The Hall–Kier alpha value is -3.38. The minimum atomic E-state index is -0.948. The number of carbonyl (C=O) groups is 2. The quantitative estimate of drug-likeness (QED) is 0.514. The van der Waals surface area contributed by atoms with Crippen LogP contribution in [0.4, 0.5) is 5.69 Å². The Kier molecular flexibility index (Phi) is 7.62. The number of anilines is 1. The fraction of sp³-hybridized carbons (Fsp3) is 0.208. The summed E-state index contributed by atoms with van der Waals surface area (Å²) < 4.78 is 11.0. The number of nitrogens with zero attached hydrogens (tertiary/aromatic N) is 1. The molecule has 160 valence electrons. The monoisotopic (exact) mass is 438 g/mol. The maximum atomic E-state index is 12.4. The molecule has 31 heavy (non-hydrogen) atoms. The second-order valence-electron chi connectivity index (χ2n) is 7.01. The maximum absolute atomic E-state index is 12.4. The molecule has 0 fully saturated rings. The van der Waals surface area contributed by atoms with E-state index in [1.165, 1.54) is 6.92 Å². The van der Waals surface area contributed by atoms with Crippen molar-refractivity contribution in [1.29, 1.82) is 0 Å². The number of nitrogens with one attached hydrogen (secondary N) is 1. The fourth-order valence-electron chi connectivity index (χ4n) is 2.83. The van der Waals surface area contributed by atoms with E-state index in [1.54, 1.807) is 55.7 Å². The van der Waals surface area contributed by atoms with Gasteiger partial charge in [0.2, 0.25) is 0 Å². The molecule has 0 aliphatic heterocycles. The molecule has 1 atom stereocenters. The third-order valence-electron chi connectivity index (χ3n) is 4.58. The highest BCUT2D eigenvalue weighted by Gasteiger charge is 2.19. The van der Waals surface area contributed by atoms with Crippen molar-refractivity contribution in [1.82, 2.24) is 4.98 Å². The molecule has 3 aromatic rings. The molecule has 6 nitrogen and oxygen atoms in total. The summed E-state index contributed by atoms with van der Waals surface area (Å²) in [6.07, 6.45) is 2.51. The number of ether oxygens (including phenoxy) is 2. The third-order valence-corrected chi connectivity index (χ3v) is 4.99. The van der Waals surface area contributed by atoms with Crippen LogP contribution in [0.5, 0.6) is 5.75 Å².